The summed E-state index contributed by atoms with van der Waals surface area (Å²) < 4.78 is 0.612. The first-order valence-electron chi connectivity index (χ1n) is 4.34. The fourth-order valence-corrected chi connectivity index (χ4v) is 2.07. The molecule has 0 fully saturated rings. The van der Waals surface area contributed by atoms with Crippen LogP contribution in [0.5, 0.6) is 0 Å². The van der Waals surface area contributed by atoms with Gasteiger partial charge in [0.2, 0.25) is 5.95 Å². The Bertz CT molecular complexity index is 531. The summed E-state index contributed by atoms with van der Waals surface area (Å²) in [5.74, 6) is 0.794. The number of rotatable bonds is 3. The zero-order valence-electron chi connectivity index (χ0n) is 8.03. The number of nitrogens with zero attached hydrogens (tertiary/aromatic N) is 2. The second-order valence-corrected chi connectivity index (χ2v) is 4.62. The van der Waals surface area contributed by atoms with Crippen LogP contribution in [-0.2, 0) is 6.54 Å². The maximum atomic E-state index is 10.9. The van der Waals surface area contributed by atoms with E-state index in [0.29, 0.717) is 22.9 Å². The number of aromatic nitrogens is 3. The molecule has 0 amide bonds. The molecule has 0 spiro atoms. The summed E-state index contributed by atoms with van der Waals surface area (Å²) in [6, 6.07) is 1.61. The molecule has 2 heterocycles. The van der Waals surface area contributed by atoms with Crippen LogP contribution in [0.3, 0.4) is 0 Å². The molecule has 16 heavy (non-hydrogen) atoms. The van der Waals surface area contributed by atoms with Crippen LogP contribution in [-0.4, -0.2) is 15.0 Å². The van der Waals surface area contributed by atoms with Gasteiger partial charge in [0.1, 0.15) is 10.4 Å². The molecule has 8 heteroatoms. The number of hydrogen-bond donors (Lipinski definition) is 3. The Morgan fingerprint density at radius 1 is 1.56 bits per heavy atom. The number of aromatic amines is 1. The summed E-state index contributed by atoms with van der Waals surface area (Å²) in [6.07, 6.45) is 0. The molecule has 0 aliphatic rings. The van der Waals surface area contributed by atoms with E-state index >= 15 is 0 Å². The van der Waals surface area contributed by atoms with Gasteiger partial charge in [0, 0.05) is 17.1 Å². The minimum absolute atomic E-state index is 0.0773. The zero-order chi connectivity index (χ0) is 11.5. The molecule has 0 saturated heterocycles. The maximum absolute atomic E-state index is 10.9. The maximum Gasteiger partial charge on any atom is 0.304 e. The smallest absolute Gasteiger partial charge is 0.304 e. The highest BCUT2D eigenvalue weighted by Gasteiger charge is 2.01. The Balaban J connectivity index is 2.07. The van der Waals surface area contributed by atoms with Crippen LogP contribution in [0.1, 0.15) is 5.69 Å². The second-order valence-electron chi connectivity index (χ2n) is 2.97. The highest BCUT2D eigenvalue weighted by molar-refractivity contribution is 9.10. The molecule has 2 aromatic rings. The van der Waals surface area contributed by atoms with Crippen LogP contribution < -0.4 is 15.9 Å². The molecule has 0 atom stereocenters. The first-order chi connectivity index (χ1) is 7.63. The Labute approximate surface area is 103 Å². The fourth-order valence-electron chi connectivity index (χ4n) is 1.09. The van der Waals surface area contributed by atoms with Gasteiger partial charge in [-0.2, -0.15) is 4.98 Å². The average Bonchev–Trinajstić information content (AvgIpc) is 2.60. The minimum atomic E-state index is -0.0773. The third-order valence-electron chi connectivity index (χ3n) is 1.72. The van der Waals surface area contributed by atoms with E-state index in [1.54, 1.807) is 11.4 Å². The number of nitrogen functional groups attached to an aromatic ring is 1. The van der Waals surface area contributed by atoms with Crippen LogP contribution in [0.25, 0.3) is 0 Å². The summed E-state index contributed by atoms with van der Waals surface area (Å²) in [5, 5.41) is 4.71. The van der Waals surface area contributed by atoms with Gasteiger partial charge in [-0.05, 0) is 15.9 Å². The number of nitrogens with two attached hydrogens (primary N) is 1. The summed E-state index contributed by atoms with van der Waals surface area (Å²) in [5.41, 5.74) is 6.34. The largest absolute Gasteiger partial charge is 0.383 e. The molecular formula is C8H8BrN5OS. The van der Waals surface area contributed by atoms with Crippen LogP contribution in [0.4, 0.5) is 11.8 Å². The van der Waals surface area contributed by atoms with E-state index in [1.165, 1.54) is 0 Å². The summed E-state index contributed by atoms with van der Waals surface area (Å²) in [4.78, 5) is 21.6. The summed E-state index contributed by atoms with van der Waals surface area (Å²) in [7, 11) is 0. The van der Waals surface area contributed by atoms with E-state index in [1.807, 2.05) is 0 Å². The van der Waals surface area contributed by atoms with Crippen molar-refractivity contribution in [2.45, 2.75) is 6.54 Å². The fraction of sp³-hybridized carbons (Fsp3) is 0.125. The van der Waals surface area contributed by atoms with E-state index in [4.69, 9.17) is 5.73 Å². The highest BCUT2D eigenvalue weighted by Crippen LogP contribution is 2.12. The van der Waals surface area contributed by atoms with Crippen LogP contribution >= 0.6 is 27.3 Å². The van der Waals surface area contributed by atoms with E-state index in [9.17, 15) is 4.79 Å². The molecule has 4 N–H and O–H groups in total. The second kappa shape index (κ2) is 4.62. The van der Waals surface area contributed by atoms with Gasteiger partial charge in [-0.3, -0.25) is 4.79 Å². The highest BCUT2D eigenvalue weighted by atomic mass is 79.9. The van der Waals surface area contributed by atoms with Crippen molar-refractivity contribution in [1.29, 1.82) is 0 Å². The number of anilines is 2. The van der Waals surface area contributed by atoms with Gasteiger partial charge in [0.15, 0.2) is 0 Å². The van der Waals surface area contributed by atoms with Gasteiger partial charge >= 0.3 is 4.87 Å². The molecule has 2 rings (SSSR count). The molecule has 0 bridgehead atoms. The predicted molar refractivity (Wildman–Crippen MR) is 66.4 cm³/mol. The van der Waals surface area contributed by atoms with Crippen molar-refractivity contribution in [2.75, 3.05) is 11.1 Å². The minimum Gasteiger partial charge on any atom is -0.383 e. The topological polar surface area (TPSA) is 96.7 Å². The first-order valence-corrected chi connectivity index (χ1v) is 6.01. The molecule has 0 aliphatic carbocycles. The average molecular weight is 302 g/mol. The van der Waals surface area contributed by atoms with Gasteiger partial charge in [-0.25, -0.2) is 4.98 Å². The predicted octanol–water partition coefficient (Wildman–Crippen LogP) is 1.18. The Morgan fingerprint density at radius 3 is 3.00 bits per heavy atom. The Morgan fingerprint density at radius 2 is 2.38 bits per heavy atom. The molecule has 0 unspecified atom stereocenters. The lowest BCUT2D eigenvalue weighted by molar-refractivity contribution is 1.01. The SMILES string of the molecule is Nc1cc(Br)nc(NCc2csc(=O)[nH]2)n1. The lowest BCUT2D eigenvalue weighted by Crippen LogP contribution is -2.07. The van der Waals surface area contributed by atoms with E-state index in [2.05, 4.69) is 36.2 Å². The number of thiazole rings is 1. The Kier molecular flexibility index (Phi) is 3.20. The number of H-pyrrole nitrogens is 1. The number of hydrogen-bond acceptors (Lipinski definition) is 6. The molecule has 84 valence electrons. The summed E-state index contributed by atoms with van der Waals surface area (Å²) >= 11 is 4.34. The molecule has 6 nitrogen and oxygen atoms in total. The number of halogens is 1. The van der Waals surface area contributed by atoms with Crippen molar-refractivity contribution in [1.82, 2.24) is 15.0 Å². The van der Waals surface area contributed by atoms with Crippen molar-refractivity contribution in [3.63, 3.8) is 0 Å². The monoisotopic (exact) mass is 301 g/mol. The molecule has 0 aromatic carbocycles. The third kappa shape index (κ3) is 2.80. The number of nitrogens with one attached hydrogen (secondary N) is 2. The van der Waals surface area contributed by atoms with Gasteiger partial charge in [-0.1, -0.05) is 11.3 Å². The first kappa shape index (κ1) is 11.1. The molecule has 0 saturated carbocycles. The zero-order valence-corrected chi connectivity index (χ0v) is 10.4. The quantitative estimate of drug-likeness (QED) is 0.740. The van der Waals surface area contributed by atoms with Crippen LogP contribution in [0.2, 0.25) is 0 Å². The Hall–Kier alpha value is -1.41. The summed E-state index contributed by atoms with van der Waals surface area (Å²) in [6.45, 7) is 0.453. The van der Waals surface area contributed by atoms with Gasteiger partial charge < -0.3 is 16.0 Å². The van der Waals surface area contributed by atoms with Gasteiger partial charge in [0.05, 0.1) is 6.54 Å². The van der Waals surface area contributed by atoms with Crippen molar-refractivity contribution in [3.05, 3.63) is 31.4 Å². The molecular weight excluding hydrogens is 294 g/mol. The van der Waals surface area contributed by atoms with Gasteiger partial charge in [-0.15, -0.1) is 0 Å². The van der Waals surface area contributed by atoms with Crippen molar-refractivity contribution < 1.29 is 0 Å². The van der Waals surface area contributed by atoms with E-state index in [0.717, 1.165) is 17.0 Å². The van der Waals surface area contributed by atoms with E-state index < -0.39 is 0 Å². The van der Waals surface area contributed by atoms with Crippen LogP contribution in [0, 0.1) is 0 Å². The van der Waals surface area contributed by atoms with Crippen LogP contribution in [0.15, 0.2) is 20.8 Å². The molecule has 0 radical (unpaired) electrons. The lowest BCUT2D eigenvalue weighted by atomic mass is 10.5. The van der Waals surface area contributed by atoms with Gasteiger partial charge in [0.25, 0.3) is 0 Å². The van der Waals surface area contributed by atoms with E-state index in [-0.39, 0.29) is 4.87 Å². The third-order valence-corrected chi connectivity index (χ3v) is 2.85. The standard InChI is InChI=1S/C8H8BrN5OS/c9-5-1-6(10)14-7(13-5)11-2-4-3-16-8(15)12-4/h1,3H,2H2,(H,12,15)(H3,10,11,13,14). The van der Waals surface area contributed by atoms with Crippen molar-refractivity contribution in [3.8, 4) is 0 Å². The molecule has 0 aliphatic heterocycles. The van der Waals surface area contributed by atoms with Crippen molar-refractivity contribution >= 4 is 39.0 Å². The lowest BCUT2D eigenvalue weighted by Gasteiger charge is -2.03. The normalized spacial score (nSPS) is 10.3. The van der Waals surface area contributed by atoms with Crippen molar-refractivity contribution in [2.24, 2.45) is 0 Å². The molecule has 2 aromatic heterocycles.